The molecule has 2 heterocycles. The Hall–Kier alpha value is -2.63. The van der Waals surface area contributed by atoms with Crippen LogP contribution in [0.4, 0.5) is 5.13 Å². The summed E-state index contributed by atoms with van der Waals surface area (Å²) in [5.41, 5.74) is 1.18. The number of aromatic nitrogens is 1. The molecule has 1 saturated heterocycles. The molecule has 1 unspecified atom stereocenters. The van der Waals surface area contributed by atoms with Gasteiger partial charge in [-0.25, -0.2) is 4.98 Å². The number of hydrogen-bond donors (Lipinski definition) is 2. The summed E-state index contributed by atoms with van der Waals surface area (Å²) in [7, 11) is 1.54. The van der Waals surface area contributed by atoms with Crippen LogP contribution in [0.15, 0.2) is 24.4 Å². The lowest BCUT2D eigenvalue weighted by molar-refractivity contribution is -0.119. The zero-order chi connectivity index (χ0) is 18.7. The van der Waals surface area contributed by atoms with E-state index >= 15 is 0 Å². The van der Waals surface area contributed by atoms with E-state index in [4.69, 9.17) is 16.9 Å². The molecule has 9 heteroatoms. The molecule has 0 bridgehead atoms. The van der Waals surface area contributed by atoms with Crippen molar-refractivity contribution >= 4 is 39.9 Å². The molecule has 1 aliphatic heterocycles. The lowest BCUT2D eigenvalue weighted by Gasteiger charge is -2.08. The summed E-state index contributed by atoms with van der Waals surface area (Å²) >= 11 is 7.39. The summed E-state index contributed by atoms with van der Waals surface area (Å²) in [6.45, 7) is 1.04. The van der Waals surface area contributed by atoms with E-state index in [0.29, 0.717) is 35.2 Å². The van der Waals surface area contributed by atoms with Gasteiger partial charge in [0.15, 0.2) is 11.3 Å². The Bertz CT molecular complexity index is 892. The fraction of sp³-hybridized carbons (Fsp3) is 0.294. The molecule has 1 aliphatic rings. The van der Waals surface area contributed by atoms with E-state index in [9.17, 15) is 9.59 Å². The van der Waals surface area contributed by atoms with E-state index in [1.54, 1.807) is 36.3 Å². The molecular weight excluding hydrogens is 374 g/mol. The highest BCUT2D eigenvalue weighted by Gasteiger charge is 2.28. The Morgan fingerprint density at radius 2 is 2.27 bits per heavy atom. The average molecular weight is 390 g/mol. The van der Waals surface area contributed by atoms with Crippen LogP contribution in [0.25, 0.3) is 10.4 Å². The Balaban J connectivity index is 1.73. The van der Waals surface area contributed by atoms with Crippen molar-refractivity contribution in [1.29, 1.82) is 5.26 Å². The predicted octanol–water partition coefficient (Wildman–Crippen LogP) is 2.56. The van der Waals surface area contributed by atoms with Crippen molar-refractivity contribution < 1.29 is 9.59 Å². The second kappa shape index (κ2) is 7.72. The molecule has 1 aromatic carbocycles. The summed E-state index contributed by atoms with van der Waals surface area (Å²) in [6, 6.07) is 5.16. The van der Waals surface area contributed by atoms with E-state index in [0.717, 1.165) is 10.4 Å². The summed E-state index contributed by atoms with van der Waals surface area (Å²) in [5, 5.41) is 15.1. The molecule has 3 rings (SSSR count). The maximum atomic E-state index is 12.3. The third-order valence-electron chi connectivity index (χ3n) is 4.16. The number of amides is 2. The van der Waals surface area contributed by atoms with E-state index in [-0.39, 0.29) is 17.7 Å². The van der Waals surface area contributed by atoms with Gasteiger partial charge in [0.2, 0.25) is 5.91 Å². The largest absolute Gasteiger partial charge is 0.355 e. The quantitative estimate of drug-likeness (QED) is 0.783. The van der Waals surface area contributed by atoms with E-state index in [1.165, 1.54) is 11.3 Å². The van der Waals surface area contributed by atoms with Crippen LogP contribution >= 0.6 is 22.9 Å². The third kappa shape index (κ3) is 3.79. The van der Waals surface area contributed by atoms with Gasteiger partial charge in [0.05, 0.1) is 21.4 Å². The van der Waals surface area contributed by atoms with Gasteiger partial charge < -0.3 is 15.5 Å². The Morgan fingerprint density at radius 1 is 1.46 bits per heavy atom. The van der Waals surface area contributed by atoms with Gasteiger partial charge in [-0.05, 0) is 24.1 Å². The SMILES string of the molecule is CNC(=O)c1cc(-c2cnc(NC(=O)C3CCN(C#N)C3)s2)ccc1Cl. The number of rotatable bonds is 4. The molecule has 0 radical (unpaired) electrons. The molecule has 0 spiro atoms. The van der Waals surface area contributed by atoms with Gasteiger partial charge in [-0.1, -0.05) is 29.0 Å². The van der Waals surface area contributed by atoms with Crippen LogP contribution in [-0.2, 0) is 4.79 Å². The molecule has 2 amide bonds. The van der Waals surface area contributed by atoms with Crippen LogP contribution in [-0.4, -0.2) is 41.8 Å². The minimum absolute atomic E-state index is 0.134. The number of benzene rings is 1. The fourth-order valence-electron chi connectivity index (χ4n) is 2.73. The van der Waals surface area contributed by atoms with Crippen LogP contribution in [0.5, 0.6) is 0 Å². The van der Waals surface area contributed by atoms with Crippen molar-refractivity contribution in [3.8, 4) is 16.6 Å². The summed E-state index contributed by atoms with van der Waals surface area (Å²) < 4.78 is 0. The number of halogens is 1. The lowest BCUT2D eigenvalue weighted by Crippen LogP contribution is -2.25. The minimum Gasteiger partial charge on any atom is -0.355 e. The maximum absolute atomic E-state index is 12.3. The number of carbonyl (C=O) groups is 2. The number of likely N-dealkylation sites (tertiary alicyclic amines) is 1. The highest BCUT2D eigenvalue weighted by atomic mass is 35.5. The smallest absolute Gasteiger partial charge is 0.252 e. The van der Waals surface area contributed by atoms with Gasteiger partial charge in [0.1, 0.15) is 0 Å². The van der Waals surface area contributed by atoms with Crippen LogP contribution < -0.4 is 10.6 Å². The van der Waals surface area contributed by atoms with Crippen LogP contribution in [0.3, 0.4) is 0 Å². The van der Waals surface area contributed by atoms with Crippen molar-refractivity contribution in [3.63, 3.8) is 0 Å². The normalized spacial score (nSPS) is 16.2. The number of nitriles is 1. The first-order valence-corrected chi connectivity index (χ1v) is 9.14. The van der Waals surface area contributed by atoms with Crippen molar-refractivity contribution in [2.75, 3.05) is 25.5 Å². The summed E-state index contributed by atoms with van der Waals surface area (Å²) in [4.78, 5) is 30.8. The zero-order valence-corrected chi connectivity index (χ0v) is 15.5. The Kier molecular flexibility index (Phi) is 5.40. The second-order valence-corrected chi connectivity index (χ2v) is 7.26. The van der Waals surface area contributed by atoms with Gasteiger partial charge >= 0.3 is 0 Å². The van der Waals surface area contributed by atoms with E-state index in [2.05, 4.69) is 21.8 Å². The van der Waals surface area contributed by atoms with Gasteiger partial charge in [-0.3, -0.25) is 9.59 Å². The molecule has 26 heavy (non-hydrogen) atoms. The molecular formula is C17H16ClN5O2S. The molecule has 2 N–H and O–H groups in total. The third-order valence-corrected chi connectivity index (χ3v) is 5.45. The molecule has 2 aromatic rings. The first kappa shape index (κ1) is 18.2. The standard InChI is InChI=1S/C17H16ClN5O2S/c1-20-16(25)12-6-10(2-3-13(12)18)14-7-21-17(26-14)22-15(24)11-4-5-23(8-11)9-19/h2-3,6-7,11H,4-5,8H2,1H3,(H,20,25)(H,21,22,24). The van der Waals surface area contributed by atoms with Crippen LogP contribution in [0, 0.1) is 17.4 Å². The molecule has 134 valence electrons. The number of nitrogens with zero attached hydrogens (tertiary/aromatic N) is 3. The van der Waals surface area contributed by atoms with Gasteiger partial charge in [0.25, 0.3) is 5.91 Å². The molecule has 0 aliphatic carbocycles. The number of carbonyl (C=O) groups excluding carboxylic acids is 2. The van der Waals surface area contributed by atoms with E-state index < -0.39 is 0 Å². The van der Waals surface area contributed by atoms with Gasteiger partial charge in [-0.15, -0.1) is 0 Å². The maximum Gasteiger partial charge on any atom is 0.252 e. The Morgan fingerprint density at radius 3 is 2.96 bits per heavy atom. The van der Waals surface area contributed by atoms with Crippen molar-refractivity contribution in [3.05, 3.63) is 35.0 Å². The van der Waals surface area contributed by atoms with Crippen molar-refractivity contribution in [1.82, 2.24) is 15.2 Å². The number of anilines is 1. The highest BCUT2D eigenvalue weighted by molar-refractivity contribution is 7.19. The molecule has 0 saturated carbocycles. The topological polar surface area (TPSA) is 98.1 Å². The van der Waals surface area contributed by atoms with Crippen molar-refractivity contribution in [2.45, 2.75) is 6.42 Å². The van der Waals surface area contributed by atoms with Gasteiger partial charge in [-0.2, -0.15) is 5.26 Å². The van der Waals surface area contributed by atoms with Crippen LogP contribution in [0.2, 0.25) is 5.02 Å². The van der Waals surface area contributed by atoms with Gasteiger partial charge in [0, 0.05) is 26.3 Å². The van der Waals surface area contributed by atoms with Crippen LogP contribution in [0.1, 0.15) is 16.8 Å². The zero-order valence-electron chi connectivity index (χ0n) is 14.0. The fourth-order valence-corrected chi connectivity index (χ4v) is 3.74. The second-order valence-electron chi connectivity index (χ2n) is 5.82. The predicted molar refractivity (Wildman–Crippen MR) is 99.9 cm³/mol. The Labute approximate surface area is 159 Å². The first-order chi connectivity index (χ1) is 12.5. The molecule has 1 atom stereocenters. The summed E-state index contributed by atoms with van der Waals surface area (Å²) in [6.07, 6.45) is 4.36. The number of thiazole rings is 1. The molecule has 1 aromatic heterocycles. The number of hydrogen-bond acceptors (Lipinski definition) is 6. The minimum atomic E-state index is -0.266. The lowest BCUT2D eigenvalue weighted by atomic mass is 10.1. The first-order valence-electron chi connectivity index (χ1n) is 7.95. The molecule has 1 fully saturated rings. The van der Waals surface area contributed by atoms with Crippen molar-refractivity contribution in [2.24, 2.45) is 5.92 Å². The summed E-state index contributed by atoms with van der Waals surface area (Å²) in [5.74, 6) is -0.610. The van der Waals surface area contributed by atoms with E-state index in [1.807, 2.05) is 0 Å². The average Bonchev–Trinajstić information content (AvgIpc) is 3.31. The highest BCUT2D eigenvalue weighted by Crippen LogP contribution is 2.32. The molecule has 7 nitrogen and oxygen atoms in total. The monoisotopic (exact) mass is 389 g/mol. The number of nitrogens with one attached hydrogen (secondary N) is 2.